The number of nitrogens with one attached hydrogen (secondary N) is 1. The minimum atomic E-state index is 0.532. The molecule has 2 aromatic heterocycles. The molecule has 1 N–H and O–H groups in total. The molecule has 3 rings (SSSR count). The quantitative estimate of drug-likeness (QED) is 0.905. The van der Waals surface area contributed by atoms with Crippen LogP contribution in [0.1, 0.15) is 48.2 Å². The molecular formula is C15H21N3S. The van der Waals surface area contributed by atoms with Crippen LogP contribution in [0.4, 0.5) is 0 Å². The maximum atomic E-state index is 4.38. The van der Waals surface area contributed by atoms with E-state index in [1.807, 2.05) is 22.2 Å². The van der Waals surface area contributed by atoms with Crippen LogP contribution in [0.25, 0.3) is 0 Å². The third-order valence-corrected chi connectivity index (χ3v) is 4.74. The van der Waals surface area contributed by atoms with E-state index in [2.05, 4.69) is 35.0 Å². The van der Waals surface area contributed by atoms with E-state index in [1.54, 1.807) is 4.88 Å². The predicted molar refractivity (Wildman–Crippen MR) is 79.4 cm³/mol. The minimum Gasteiger partial charge on any atom is -0.306 e. The number of nitrogens with zero attached hydrogens (tertiary/aromatic N) is 2. The van der Waals surface area contributed by atoms with Gasteiger partial charge in [0.1, 0.15) is 0 Å². The van der Waals surface area contributed by atoms with E-state index in [4.69, 9.17) is 0 Å². The molecule has 1 unspecified atom stereocenters. The summed E-state index contributed by atoms with van der Waals surface area (Å²) in [4.78, 5) is 1.57. The lowest BCUT2D eigenvalue weighted by Gasteiger charge is -2.23. The average Bonchev–Trinajstić information content (AvgIpc) is 3.05. The van der Waals surface area contributed by atoms with Crippen LogP contribution in [0.2, 0.25) is 0 Å². The van der Waals surface area contributed by atoms with Crippen molar-refractivity contribution in [3.05, 3.63) is 39.8 Å². The molecule has 0 aliphatic heterocycles. The second kappa shape index (κ2) is 5.88. The summed E-state index contributed by atoms with van der Waals surface area (Å²) >= 11 is 1.91. The van der Waals surface area contributed by atoms with Crippen molar-refractivity contribution in [2.45, 2.75) is 51.7 Å². The number of thiophene rings is 1. The molecule has 102 valence electrons. The molecule has 0 spiro atoms. The van der Waals surface area contributed by atoms with E-state index in [1.165, 1.54) is 30.4 Å². The molecule has 0 saturated heterocycles. The van der Waals surface area contributed by atoms with Crippen LogP contribution in [0.5, 0.6) is 0 Å². The van der Waals surface area contributed by atoms with Crippen LogP contribution >= 0.6 is 11.3 Å². The molecule has 0 fully saturated rings. The highest BCUT2D eigenvalue weighted by molar-refractivity contribution is 7.10. The van der Waals surface area contributed by atoms with Gasteiger partial charge in [0, 0.05) is 35.8 Å². The molecule has 2 heterocycles. The van der Waals surface area contributed by atoms with Crippen molar-refractivity contribution in [1.29, 1.82) is 0 Å². The summed E-state index contributed by atoms with van der Waals surface area (Å²) in [6.07, 6.45) is 9.11. The van der Waals surface area contributed by atoms with E-state index in [9.17, 15) is 0 Å². The van der Waals surface area contributed by atoms with Gasteiger partial charge in [0.25, 0.3) is 0 Å². The number of rotatable bonds is 5. The zero-order chi connectivity index (χ0) is 13.1. The SMILES string of the molecule is CCCn1cc(CNC2CCCc3sccc32)cn1. The molecule has 1 atom stereocenters. The molecule has 2 aromatic rings. The second-order valence-electron chi connectivity index (χ2n) is 5.24. The third-order valence-electron chi connectivity index (χ3n) is 3.74. The van der Waals surface area contributed by atoms with Crippen molar-refractivity contribution in [2.24, 2.45) is 0 Å². The Labute approximate surface area is 118 Å². The minimum absolute atomic E-state index is 0.532. The number of fused-ring (bicyclic) bond motifs is 1. The summed E-state index contributed by atoms with van der Waals surface area (Å²) in [6.45, 7) is 4.11. The number of hydrogen-bond acceptors (Lipinski definition) is 3. The monoisotopic (exact) mass is 275 g/mol. The Morgan fingerprint density at radius 2 is 2.47 bits per heavy atom. The van der Waals surface area contributed by atoms with Crippen LogP contribution < -0.4 is 5.32 Å². The molecule has 0 amide bonds. The second-order valence-corrected chi connectivity index (χ2v) is 6.24. The summed E-state index contributed by atoms with van der Waals surface area (Å²) < 4.78 is 2.04. The van der Waals surface area contributed by atoms with Gasteiger partial charge >= 0.3 is 0 Å². The maximum absolute atomic E-state index is 4.38. The van der Waals surface area contributed by atoms with Gasteiger partial charge in [-0.2, -0.15) is 5.10 Å². The molecule has 1 aliphatic rings. The molecule has 3 nitrogen and oxygen atoms in total. The summed E-state index contributed by atoms with van der Waals surface area (Å²) in [5.41, 5.74) is 2.81. The van der Waals surface area contributed by atoms with Crippen LogP contribution in [0, 0.1) is 0 Å². The molecule has 0 saturated carbocycles. The first-order chi connectivity index (χ1) is 9.36. The van der Waals surface area contributed by atoms with Crippen molar-refractivity contribution in [3.63, 3.8) is 0 Å². The van der Waals surface area contributed by atoms with Gasteiger partial charge in [0.15, 0.2) is 0 Å². The maximum Gasteiger partial charge on any atom is 0.0534 e. The summed E-state index contributed by atoms with van der Waals surface area (Å²) in [7, 11) is 0. The molecule has 0 bridgehead atoms. The lowest BCUT2D eigenvalue weighted by atomic mass is 9.94. The van der Waals surface area contributed by atoms with Gasteiger partial charge < -0.3 is 5.32 Å². The topological polar surface area (TPSA) is 29.9 Å². The fraction of sp³-hybridized carbons (Fsp3) is 0.533. The van der Waals surface area contributed by atoms with Crippen molar-refractivity contribution < 1.29 is 0 Å². The van der Waals surface area contributed by atoms with Gasteiger partial charge in [-0.15, -0.1) is 11.3 Å². The Morgan fingerprint density at radius 1 is 1.53 bits per heavy atom. The van der Waals surface area contributed by atoms with Crippen LogP contribution in [0.3, 0.4) is 0 Å². The van der Waals surface area contributed by atoms with Crippen molar-refractivity contribution in [2.75, 3.05) is 0 Å². The summed E-state index contributed by atoms with van der Waals surface area (Å²) in [6, 6.07) is 2.82. The molecule has 1 aliphatic carbocycles. The first kappa shape index (κ1) is 12.9. The van der Waals surface area contributed by atoms with E-state index in [0.717, 1.165) is 19.5 Å². The normalized spacial score (nSPS) is 18.5. The van der Waals surface area contributed by atoms with Crippen LogP contribution in [-0.2, 0) is 19.5 Å². The molecule has 19 heavy (non-hydrogen) atoms. The molecule has 4 heteroatoms. The van der Waals surface area contributed by atoms with Gasteiger partial charge in [0.05, 0.1) is 6.20 Å². The van der Waals surface area contributed by atoms with Gasteiger partial charge in [-0.1, -0.05) is 6.92 Å². The van der Waals surface area contributed by atoms with Gasteiger partial charge in [-0.25, -0.2) is 0 Å². The highest BCUT2D eigenvalue weighted by Gasteiger charge is 2.20. The zero-order valence-corrected chi connectivity index (χ0v) is 12.2. The standard InChI is InChI=1S/C15H21N3S/c1-2-7-18-11-12(10-17-18)9-16-14-4-3-5-15-13(14)6-8-19-15/h6,8,10-11,14,16H,2-5,7,9H2,1H3. The average molecular weight is 275 g/mol. The fourth-order valence-electron chi connectivity index (χ4n) is 2.79. The van der Waals surface area contributed by atoms with Crippen LogP contribution in [-0.4, -0.2) is 9.78 Å². The third kappa shape index (κ3) is 2.90. The fourth-order valence-corrected chi connectivity index (χ4v) is 3.78. The first-order valence-electron chi connectivity index (χ1n) is 7.18. The van der Waals surface area contributed by atoms with E-state index >= 15 is 0 Å². The Hall–Kier alpha value is -1.13. The van der Waals surface area contributed by atoms with Gasteiger partial charge in [-0.05, 0) is 42.7 Å². The van der Waals surface area contributed by atoms with Crippen molar-refractivity contribution in [1.82, 2.24) is 15.1 Å². The molecule has 0 aromatic carbocycles. The highest BCUT2D eigenvalue weighted by atomic mass is 32.1. The van der Waals surface area contributed by atoms with Gasteiger partial charge in [0.2, 0.25) is 0 Å². The summed E-state index contributed by atoms with van der Waals surface area (Å²) in [5.74, 6) is 0. The van der Waals surface area contributed by atoms with E-state index in [-0.39, 0.29) is 0 Å². The van der Waals surface area contributed by atoms with E-state index in [0.29, 0.717) is 6.04 Å². The summed E-state index contributed by atoms with van der Waals surface area (Å²) in [5, 5.41) is 10.3. The number of hydrogen-bond donors (Lipinski definition) is 1. The Balaban J connectivity index is 1.61. The lowest BCUT2D eigenvalue weighted by molar-refractivity contribution is 0.463. The first-order valence-corrected chi connectivity index (χ1v) is 8.05. The largest absolute Gasteiger partial charge is 0.306 e. The Bertz CT molecular complexity index is 529. The van der Waals surface area contributed by atoms with Crippen molar-refractivity contribution >= 4 is 11.3 Å². The molecule has 0 radical (unpaired) electrons. The smallest absolute Gasteiger partial charge is 0.0534 e. The number of aromatic nitrogens is 2. The Kier molecular flexibility index (Phi) is 3.99. The lowest BCUT2D eigenvalue weighted by Crippen LogP contribution is -2.23. The van der Waals surface area contributed by atoms with Crippen molar-refractivity contribution in [3.8, 4) is 0 Å². The Morgan fingerprint density at radius 3 is 3.37 bits per heavy atom. The van der Waals surface area contributed by atoms with Gasteiger partial charge in [-0.3, -0.25) is 4.68 Å². The highest BCUT2D eigenvalue weighted by Crippen LogP contribution is 2.33. The number of aryl methyl sites for hydroxylation is 2. The predicted octanol–water partition coefficient (Wildman–Crippen LogP) is 3.52. The van der Waals surface area contributed by atoms with E-state index < -0.39 is 0 Å². The zero-order valence-electron chi connectivity index (χ0n) is 11.4. The van der Waals surface area contributed by atoms with Crippen LogP contribution in [0.15, 0.2) is 23.8 Å². The molecular weight excluding hydrogens is 254 g/mol.